The topological polar surface area (TPSA) is 80.2 Å². The molecule has 8 heteroatoms. The van der Waals surface area contributed by atoms with Crippen LogP contribution in [0.25, 0.3) is 0 Å². The lowest BCUT2D eigenvalue weighted by atomic mass is 9.93. The monoisotopic (exact) mass is 441 g/mol. The SMILES string of the molecule is CCOC(=O)C1=C(C)N=C2SC=C(CC(=O)NCC3CC3)N2[C@@H]1c1ccc(OC)cc1. The second-order valence-electron chi connectivity index (χ2n) is 7.81. The minimum Gasteiger partial charge on any atom is -0.497 e. The van der Waals surface area contributed by atoms with Gasteiger partial charge in [0.25, 0.3) is 0 Å². The maximum atomic E-state index is 12.9. The Balaban J connectivity index is 1.65. The van der Waals surface area contributed by atoms with E-state index in [2.05, 4.69) is 10.3 Å². The Morgan fingerprint density at radius 2 is 2.00 bits per heavy atom. The summed E-state index contributed by atoms with van der Waals surface area (Å²) in [6.45, 7) is 4.63. The summed E-state index contributed by atoms with van der Waals surface area (Å²) in [5.41, 5.74) is 2.85. The van der Waals surface area contributed by atoms with Crippen molar-refractivity contribution in [1.29, 1.82) is 0 Å². The number of thioether (sulfide) groups is 1. The van der Waals surface area contributed by atoms with Crippen molar-refractivity contribution in [3.05, 3.63) is 52.2 Å². The first kappa shape index (κ1) is 21.5. The van der Waals surface area contributed by atoms with Gasteiger partial charge in [-0.05, 0) is 55.7 Å². The number of fused-ring (bicyclic) bond motifs is 1. The molecule has 1 saturated carbocycles. The van der Waals surface area contributed by atoms with E-state index in [1.165, 1.54) is 24.6 Å². The summed E-state index contributed by atoms with van der Waals surface area (Å²) in [4.78, 5) is 32.1. The highest BCUT2D eigenvalue weighted by Gasteiger charge is 2.41. The van der Waals surface area contributed by atoms with Crippen LogP contribution in [0.15, 0.2) is 51.6 Å². The van der Waals surface area contributed by atoms with Gasteiger partial charge in [-0.2, -0.15) is 0 Å². The third-order valence-corrected chi connectivity index (χ3v) is 6.44. The molecule has 0 bridgehead atoms. The highest BCUT2D eigenvalue weighted by Crippen LogP contribution is 2.45. The zero-order valence-corrected chi connectivity index (χ0v) is 18.8. The molecule has 4 rings (SSSR count). The Morgan fingerprint density at radius 3 is 2.65 bits per heavy atom. The van der Waals surface area contributed by atoms with Gasteiger partial charge in [0, 0.05) is 12.2 Å². The van der Waals surface area contributed by atoms with Gasteiger partial charge < -0.3 is 19.7 Å². The number of aliphatic imine (C=N–C) groups is 1. The molecule has 3 aliphatic rings. The molecule has 1 fully saturated rings. The Hall–Kier alpha value is -2.74. The lowest BCUT2D eigenvalue weighted by Gasteiger charge is -2.36. The van der Waals surface area contributed by atoms with Crippen molar-refractivity contribution >= 4 is 28.8 Å². The number of amides is 1. The molecule has 1 aliphatic carbocycles. The van der Waals surface area contributed by atoms with Crippen molar-refractivity contribution in [1.82, 2.24) is 10.2 Å². The van der Waals surface area contributed by atoms with Gasteiger partial charge in [-0.15, -0.1) is 0 Å². The number of ether oxygens (including phenoxy) is 2. The van der Waals surface area contributed by atoms with Gasteiger partial charge >= 0.3 is 5.97 Å². The molecule has 0 aromatic heterocycles. The van der Waals surface area contributed by atoms with E-state index in [1.807, 2.05) is 41.5 Å². The maximum absolute atomic E-state index is 12.9. The predicted octanol–water partition coefficient (Wildman–Crippen LogP) is 3.75. The fourth-order valence-electron chi connectivity index (χ4n) is 3.75. The summed E-state index contributed by atoms with van der Waals surface area (Å²) in [5, 5.41) is 5.74. The first-order chi connectivity index (χ1) is 15.0. The number of hydrogen-bond acceptors (Lipinski definition) is 7. The van der Waals surface area contributed by atoms with E-state index in [9.17, 15) is 9.59 Å². The van der Waals surface area contributed by atoms with Gasteiger partial charge in [0.05, 0.1) is 37.4 Å². The normalized spacial score (nSPS) is 20.1. The number of esters is 1. The third-order valence-electron chi connectivity index (χ3n) is 5.55. The Bertz CT molecular complexity index is 964. The lowest BCUT2D eigenvalue weighted by molar-refractivity contribution is -0.139. The third kappa shape index (κ3) is 4.63. The molecule has 7 nitrogen and oxygen atoms in total. The van der Waals surface area contributed by atoms with Crippen molar-refractivity contribution in [2.45, 2.75) is 39.2 Å². The van der Waals surface area contributed by atoms with Gasteiger partial charge in [0.2, 0.25) is 5.91 Å². The van der Waals surface area contributed by atoms with Crippen LogP contribution in [0.3, 0.4) is 0 Å². The molecule has 1 atom stereocenters. The Kier molecular flexibility index (Phi) is 6.36. The van der Waals surface area contributed by atoms with Crippen LogP contribution in [0.5, 0.6) is 5.75 Å². The molecule has 2 heterocycles. The number of allylic oxidation sites excluding steroid dienone is 1. The van der Waals surface area contributed by atoms with E-state index in [1.54, 1.807) is 14.0 Å². The smallest absolute Gasteiger partial charge is 0.338 e. The van der Waals surface area contributed by atoms with Gasteiger partial charge in [-0.25, -0.2) is 9.79 Å². The highest BCUT2D eigenvalue weighted by molar-refractivity contribution is 8.16. The highest BCUT2D eigenvalue weighted by atomic mass is 32.2. The summed E-state index contributed by atoms with van der Waals surface area (Å²) in [6, 6.07) is 7.19. The Morgan fingerprint density at radius 1 is 1.26 bits per heavy atom. The quantitative estimate of drug-likeness (QED) is 0.619. The molecule has 1 N–H and O–H groups in total. The minimum atomic E-state index is -0.421. The largest absolute Gasteiger partial charge is 0.497 e. The Labute approximate surface area is 186 Å². The van der Waals surface area contributed by atoms with Gasteiger partial charge in [0.1, 0.15) is 5.75 Å². The van der Waals surface area contributed by atoms with E-state index in [4.69, 9.17) is 9.47 Å². The second kappa shape index (κ2) is 9.18. The number of benzene rings is 1. The number of hydrogen-bond donors (Lipinski definition) is 1. The standard InChI is InChI=1S/C23H27N3O4S/c1-4-30-22(28)20-14(2)25-23-26(21(20)16-7-9-18(29-3)10-8-16)17(13-31-23)11-19(27)24-12-15-5-6-15/h7-10,13,15,21H,4-6,11-12H2,1-3H3,(H,24,27)/t21-/m1/s1. The lowest BCUT2D eigenvalue weighted by Crippen LogP contribution is -2.38. The van der Waals surface area contributed by atoms with Gasteiger partial charge in [-0.1, -0.05) is 23.9 Å². The van der Waals surface area contributed by atoms with E-state index >= 15 is 0 Å². The van der Waals surface area contributed by atoms with E-state index < -0.39 is 12.0 Å². The summed E-state index contributed by atoms with van der Waals surface area (Å²) < 4.78 is 10.7. The fourth-order valence-corrected chi connectivity index (χ4v) is 4.71. The average molecular weight is 442 g/mol. The number of nitrogens with zero attached hydrogens (tertiary/aromatic N) is 2. The first-order valence-electron chi connectivity index (χ1n) is 10.5. The van der Waals surface area contributed by atoms with Gasteiger partial charge in [-0.3, -0.25) is 4.79 Å². The van der Waals surface area contributed by atoms with Crippen LogP contribution in [0, 0.1) is 5.92 Å². The predicted molar refractivity (Wildman–Crippen MR) is 120 cm³/mol. The van der Waals surface area contributed by atoms with Crippen molar-refractivity contribution in [2.75, 3.05) is 20.3 Å². The zero-order valence-electron chi connectivity index (χ0n) is 18.0. The number of carbonyl (C=O) groups is 2. The maximum Gasteiger partial charge on any atom is 0.338 e. The number of carbonyl (C=O) groups excluding carboxylic acids is 2. The molecule has 164 valence electrons. The molecule has 0 spiro atoms. The van der Waals surface area contributed by atoms with Crippen LogP contribution in [0.4, 0.5) is 0 Å². The first-order valence-corrected chi connectivity index (χ1v) is 11.4. The van der Waals surface area contributed by atoms with Crippen LogP contribution < -0.4 is 10.1 Å². The van der Waals surface area contributed by atoms with Crippen LogP contribution in [0.2, 0.25) is 0 Å². The van der Waals surface area contributed by atoms with Gasteiger partial charge in [0.15, 0.2) is 5.17 Å². The van der Waals surface area contributed by atoms with E-state index in [-0.39, 0.29) is 18.9 Å². The zero-order chi connectivity index (χ0) is 22.0. The number of methoxy groups -OCH3 is 1. The summed E-state index contributed by atoms with van der Waals surface area (Å²) >= 11 is 1.47. The van der Waals surface area contributed by atoms with Crippen molar-refractivity contribution in [3.8, 4) is 5.75 Å². The molecule has 0 saturated heterocycles. The van der Waals surface area contributed by atoms with Crippen molar-refractivity contribution in [3.63, 3.8) is 0 Å². The number of nitrogens with one attached hydrogen (secondary N) is 1. The van der Waals surface area contributed by atoms with E-state index in [0.29, 0.717) is 17.2 Å². The fraction of sp³-hybridized carbons (Fsp3) is 0.435. The molecular formula is C23H27N3O4S. The molecule has 2 aliphatic heterocycles. The summed E-state index contributed by atoms with van der Waals surface area (Å²) in [5.74, 6) is 0.949. The van der Waals surface area contributed by atoms with E-state index in [0.717, 1.165) is 28.7 Å². The molecule has 1 aromatic rings. The van der Waals surface area contributed by atoms with Crippen molar-refractivity contribution in [2.24, 2.45) is 10.9 Å². The number of amidine groups is 1. The van der Waals surface area contributed by atoms with Crippen LogP contribution in [-0.4, -0.2) is 42.2 Å². The molecule has 0 unspecified atom stereocenters. The second-order valence-corrected chi connectivity index (χ2v) is 8.65. The molecule has 0 radical (unpaired) electrons. The summed E-state index contributed by atoms with van der Waals surface area (Å²) in [6.07, 6.45) is 2.61. The minimum absolute atomic E-state index is 0.0163. The average Bonchev–Trinajstić information content (AvgIpc) is 3.52. The van der Waals surface area contributed by atoms with Crippen LogP contribution in [0.1, 0.15) is 44.7 Å². The molecule has 1 aromatic carbocycles. The van der Waals surface area contributed by atoms with Crippen LogP contribution >= 0.6 is 11.8 Å². The molecule has 1 amide bonds. The molecular weight excluding hydrogens is 414 g/mol. The number of rotatable bonds is 8. The van der Waals surface area contributed by atoms with Crippen molar-refractivity contribution < 1.29 is 19.1 Å². The molecule has 31 heavy (non-hydrogen) atoms. The summed E-state index contributed by atoms with van der Waals surface area (Å²) in [7, 11) is 1.62. The van der Waals surface area contributed by atoms with Crippen LogP contribution in [-0.2, 0) is 14.3 Å².